The summed E-state index contributed by atoms with van der Waals surface area (Å²) in [5, 5.41) is 11.3. The predicted octanol–water partition coefficient (Wildman–Crippen LogP) is 5.91. The molecule has 1 aromatic heterocycles. The van der Waals surface area contributed by atoms with E-state index in [1.807, 2.05) is 0 Å². The minimum atomic E-state index is -4.64. The molecule has 3 aromatic rings. The van der Waals surface area contributed by atoms with Crippen LogP contribution in [0.4, 0.5) is 27.6 Å². The van der Waals surface area contributed by atoms with Crippen LogP contribution >= 0.6 is 0 Å². The standard InChI is InChI=1S/C28H28F5N5O/c1-16(35-19-6-4-7-19)17-9-21-22(23(10-17)28(31,32)33)12-38(24(21)39)20-8-3-5-18(11-20)26(13-27(29,30)14-26)25-36-34-15-37(25)2/h3,5,8-11,15-16,19,35H,4,6-7,12-14H2,1-2H3/t16-/m1/s1. The van der Waals surface area contributed by atoms with Crippen LogP contribution in [0.1, 0.15) is 83.5 Å². The summed E-state index contributed by atoms with van der Waals surface area (Å²) < 4.78 is 72.6. The van der Waals surface area contributed by atoms with Crippen molar-refractivity contribution in [2.45, 2.75) is 75.2 Å². The average Bonchev–Trinajstić information content (AvgIpc) is 3.41. The third-order valence-corrected chi connectivity index (χ3v) is 8.43. The molecule has 206 valence electrons. The molecule has 0 saturated heterocycles. The first-order chi connectivity index (χ1) is 18.4. The second kappa shape index (κ2) is 8.84. The molecular formula is C28H28F5N5O. The molecule has 11 heteroatoms. The summed E-state index contributed by atoms with van der Waals surface area (Å²) in [6, 6.07) is 9.16. The Morgan fingerprint density at radius 3 is 2.46 bits per heavy atom. The minimum absolute atomic E-state index is 0.0191. The van der Waals surface area contributed by atoms with Gasteiger partial charge in [0.1, 0.15) is 12.2 Å². The van der Waals surface area contributed by atoms with E-state index >= 15 is 0 Å². The second-order valence-electron chi connectivity index (χ2n) is 11.1. The van der Waals surface area contributed by atoms with Gasteiger partial charge in [0.25, 0.3) is 11.8 Å². The zero-order valence-electron chi connectivity index (χ0n) is 21.5. The summed E-state index contributed by atoms with van der Waals surface area (Å²) in [7, 11) is 1.68. The summed E-state index contributed by atoms with van der Waals surface area (Å²) in [5.41, 5.74) is -0.718. The number of aromatic nitrogens is 3. The lowest BCUT2D eigenvalue weighted by molar-refractivity contribution is -0.138. The molecule has 0 bridgehead atoms. The molecule has 0 unspecified atom stereocenters. The molecule has 2 fully saturated rings. The number of alkyl halides is 5. The Morgan fingerprint density at radius 1 is 1.13 bits per heavy atom. The molecule has 3 aliphatic rings. The van der Waals surface area contributed by atoms with E-state index in [0.29, 0.717) is 22.6 Å². The number of benzene rings is 2. The van der Waals surface area contributed by atoms with Crippen LogP contribution < -0.4 is 10.2 Å². The number of rotatable bonds is 6. The van der Waals surface area contributed by atoms with Gasteiger partial charge in [0.15, 0.2) is 0 Å². The lowest BCUT2D eigenvalue weighted by Gasteiger charge is -2.46. The number of nitrogens with zero attached hydrogens (tertiary/aromatic N) is 4. The molecule has 0 spiro atoms. The molecule has 6 nitrogen and oxygen atoms in total. The first kappa shape index (κ1) is 25.9. The molecule has 2 heterocycles. The van der Waals surface area contributed by atoms with Gasteiger partial charge in [-0.05, 0) is 60.7 Å². The number of hydrogen-bond donors (Lipinski definition) is 1. The van der Waals surface area contributed by atoms with E-state index in [-0.39, 0.29) is 29.8 Å². The SMILES string of the molecule is C[C@@H](NC1CCC1)c1cc2c(c(C(F)(F)F)c1)CN(c1cccc(C3(c4nncn4C)CC(F)(F)C3)c1)C2=O. The van der Waals surface area contributed by atoms with Gasteiger partial charge in [-0.25, -0.2) is 8.78 Å². The third kappa shape index (κ3) is 4.31. The van der Waals surface area contributed by atoms with E-state index in [2.05, 4.69) is 15.5 Å². The molecule has 1 amide bonds. The first-order valence-electron chi connectivity index (χ1n) is 13.0. The van der Waals surface area contributed by atoms with Crippen molar-refractivity contribution < 1.29 is 26.7 Å². The van der Waals surface area contributed by atoms with Gasteiger partial charge in [-0.3, -0.25) is 4.79 Å². The number of amides is 1. The summed E-state index contributed by atoms with van der Waals surface area (Å²) in [5.74, 6) is -3.06. The van der Waals surface area contributed by atoms with Crippen LogP contribution in [-0.2, 0) is 25.2 Å². The van der Waals surface area contributed by atoms with Crippen LogP contribution in [0.2, 0.25) is 0 Å². The van der Waals surface area contributed by atoms with Gasteiger partial charge in [-0.2, -0.15) is 13.2 Å². The maximum Gasteiger partial charge on any atom is 0.416 e. The number of fused-ring (bicyclic) bond motifs is 1. The molecule has 1 aliphatic heterocycles. The van der Waals surface area contributed by atoms with Crippen molar-refractivity contribution in [3.8, 4) is 0 Å². The van der Waals surface area contributed by atoms with Gasteiger partial charge in [-0.1, -0.05) is 18.6 Å². The van der Waals surface area contributed by atoms with Gasteiger partial charge in [0.2, 0.25) is 0 Å². The van der Waals surface area contributed by atoms with E-state index in [4.69, 9.17) is 0 Å². The van der Waals surface area contributed by atoms with Crippen LogP contribution in [0.25, 0.3) is 0 Å². The molecule has 1 N–H and O–H groups in total. The Labute approximate surface area is 222 Å². The molecule has 2 saturated carbocycles. The van der Waals surface area contributed by atoms with Gasteiger partial charge in [0, 0.05) is 43.2 Å². The fourth-order valence-corrected chi connectivity index (χ4v) is 6.18. The maximum atomic E-state index is 14.2. The average molecular weight is 546 g/mol. The Morgan fingerprint density at radius 2 is 1.87 bits per heavy atom. The molecular weight excluding hydrogens is 517 g/mol. The fourth-order valence-electron chi connectivity index (χ4n) is 6.18. The highest BCUT2D eigenvalue weighted by Crippen LogP contribution is 2.57. The molecule has 2 aromatic carbocycles. The zero-order chi connectivity index (χ0) is 27.7. The molecule has 2 aliphatic carbocycles. The van der Waals surface area contributed by atoms with Gasteiger partial charge < -0.3 is 14.8 Å². The summed E-state index contributed by atoms with van der Waals surface area (Å²) in [6.07, 6.45) is -1.10. The van der Waals surface area contributed by atoms with Crippen LogP contribution in [-0.4, -0.2) is 32.6 Å². The number of carbonyl (C=O) groups is 1. The Balaban J connectivity index is 1.37. The summed E-state index contributed by atoms with van der Waals surface area (Å²) >= 11 is 0. The van der Waals surface area contributed by atoms with Crippen LogP contribution in [0.3, 0.4) is 0 Å². The predicted molar refractivity (Wildman–Crippen MR) is 134 cm³/mol. The lowest BCUT2D eigenvalue weighted by atomic mass is 9.61. The zero-order valence-corrected chi connectivity index (χ0v) is 21.5. The van der Waals surface area contributed by atoms with E-state index in [1.165, 1.54) is 11.2 Å². The van der Waals surface area contributed by atoms with Crippen molar-refractivity contribution in [1.82, 2.24) is 20.1 Å². The quantitative estimate of drug-likeness (QED) is 0.391. The number of carbonyl (C=O) groups excluding carboxylic acids is 1. The van der Waals surface area contributed by atoms with Crippen molar-refractivity contribution in [3.05, 3.63) is 76.4 Å². The second-order valence-corrected chi connectivity index (χ2v) is 11.1. The summed E-state index contributed by atoms with van der Waals surface area (Å²) in [6.45, 7) is 1.55. The van der Waals surface area contributed by atoms with Crippen LogP contribution in [0.15, 0.2) is 42.7 Å². The first-order valence-corrected chi connectivity index (χ1v) is 13.0. The van der Waals surface area contributed by atoms with Crippen LogP contribution in [0.5, 0.6) is 0 Å². The van der Waals surface area contributed by atoms with Gasteiger partial charge >= 0.3 is 6.18 Å². The Hall–Kier alpha value is -3.34. The van der Waals surface area contributed by atoms with E-state index in [0.717, 1.165) is 25.3 Å². The Kier molecular flexibility index (Phi) is 5.87. The lowest BCUT2D eigenvalue weighted by Crippen LogP contribution is -2.51. The smallest absolute Gasteiger partial charge is 0.320 e. The molecule has 0 radical (unpaired) electrons. The number of hydrogen-bond acceptors (Lipinski definition) is 4. The number of nitrogens with one attached hydrogen (secondary N) is 1. The normalized spacial score (nSPS) is 20.9. The van der Waals surface area contributed by atoms with E-state index < -0.39 is 41.8 Å². The number of anilines is 1. The summed E-state index contributed by atoms with van der Waals surface area (Å²) in [4.78, 5) is 14.9. The molecule has 1 atom stereocenters. The van der Waals surface area contributed by atoms with Crippen molar-refractivity contribution in [3.63, 3.8) is 0 Å². The maximum absolute atomic E-state index is 14.2. The fraction of sp³-hybridized carbons (Fsp3) is 0.464. The van der Waals surface area contributed by atoms with Gasteiger partial charge in [0.05, 0.1) is 17.5 Å². The monoisotopic (exact) mass is 545 g/mol. The minimum Gasteiger partial charge on any atom is -0.320 e. The molecule has 6 rings (SSSR count). The van der Waals surface area contributed by atoms with Gasteiger partial charge in [-0.15, -0.1) is 10.2 Å². The van der Waals surface area contributed by atoms with Crippen molar-refractivity contribution in [2.24, 2.45) is 7.05 Å². The van der Waals surface area contributed by atoms with E-state index in [1.54, 1.807) is 48.9 Å². The highest BCUT2D eigenvalue weighted by molar-refractivity contribution is 6.10. The molecule has 39 heavy (non-hydrogen) atoms. The topological polar surface area (TPSA) is 63.0 Å². The van der Waals surface area contributed by atoms with Crippen molar-refractivity contribution >= 4 is 11.6 Å². The third-order valence-electron chi connectivity index (χ3n) is 8.43. The number of halogens is 5. The highest BCUT2D eigenvalue weighted by atomic mass is 19.4. The number of aryl methyl sites for hydroxylation is 1. The largest absolute Gasteiger partial charge is 0.416 e. The van der Waals surface area contributed by atoms with E-state index in [9.17, 15) is 26.7 Å². The van der Waals surface area contributed by atoms with Crippen molar-refractivity contribution in [1.29, 1.82) is 0 Å². The van der Waals surface area contributed by atoms with Crippen molar-refractivity contribution in [2.75, 3.05) is 4.90 Å². The van der Waals surface area contributed by atoms with Crippen LogP contribution in [0, 0.1) is 0 Å². The highest BCUT2D eigenvalue weighted by Gasteiger charge is 2.60. The Bertz CT molecular complexity index is 1440.